The van der Waals surface area contributed by atoms with E-state index in [4.69, 9.17) is 4.74 Å². The van der Waals surface area contributed by atoms with Gasteiger partial charge in [0.25, 0.3) is 0 Å². The number of carbonyl (C=O) groups excluding carboxylic acids is 2. The predicted octanol–water partition coefficient (Wildman–Crippen LogP) is 2.05. The highest BCUT2D eigenvalue weighted by Crippen LogP contribution is 2.09. The van der Waals surface area contributed by atoms with Gasteiger partial charge in [0.05, 0.1) is 18.1 Å². The molecule has 0 aliphatic heterocycles. The molecule has 20 heavy (non-hydrogen) atoms. The Morgan fingerprint density at radius 3 is 2.75 bits per heavy atom. The second-order valence-electron chi connectivity index (χ2n) is 4.16. The third-order valence-corrected chi connectivity index (χ3v) is 3.38. The minimum absolute atomic E-state index is 0.164. The molecule has 0 heterocycles. The summed E-state index contributed by atoms with van der Waals surface area (Å²) in [5.41, 5.74) is 1.39. The van der Waals surface area contributed by atoms with Crippen LogP contribution in [0.4, 0.5) is 4.39 Å². The number of rotatable bonds is 7. The third kappa shape index (κ3) is 6.06. The van der Waals surface area contributed by atoms with Crippen molar-refractivity contribution in [3.05, 3.63) is 35.1 Å². The van der Waals surface area contributed by atoms with Gasteiger partial charge in [0, 0.05) is 6.54 Å². The summed E-state index contributed by atoms with van der Waals surface area (Å²) in [6.45, 7) is 4.10. The largest absolute Gasteiger partial charge is 0.465 e. The maximum atomic E-state index is 13.1. The molecule has 0 spiro atoms. The molecule has 0 radical (unpaired) electrons. The van der Waals surface area contributed by atoms with Crippen molar-refractivity contribution in [1.29, 1.82) is 0 Å². The Labute approximate surface area is 122 Å². The standard InChI is InChI=1S/C14H18FNO3S/c1-3-19-14(18)9-20-8-13(17)16-7-11-4-5-12(15)10(2)6-11/h4-6H,3,7-9H2,1-2H3,(H,16,17). The lowest BCUT2D eigenvalue weighted by Crippen LogP contribution is -2.25. The predicted molar refractivity (Wildman–Crippen MR) is 76.9 cm³/mol. The summed E-state index contributed by atoms with van der Waals surface area (Å²) in [7, 11) is 0. The Morgan fingerprint density at radius 2 is 2.10 bits per heavy atom. The summed E-state index contributed by atoms with van der Waals surface area (Å²) < 4.78 is 17.8. The quantitative estimate of drug-likeness (QED) is 0.783. The maximum absolute atomic E-state index is 13.1. The number of carbonyl (C=O) groups is 2. The molecule has 0 bridgehead atoms. The molecule has 110 valence electrons. The Hall–Kier alpha value is -1.56. The van der Waals surface area contributed by atoms with E-state index >= 15 is 0 Å². The number of halogens is 1. The van der Waals surface area contributed by atoms with E-state index in [1.807, 2.05) is 0 Å². The molecule has 1 aromatic carbocycles. The highest BCUT2D eigenvalue weighted by Gasteiger charge is 2.06. The van der Waals surface area contributed by atoms with Gasteiger partial charge in [0.2, 0.25) is 5.91 Å². The monoisotopic (exact) mass is 299 g/mol. The van der Waals surface area contributed by atoms with Gasteiger partial charge in [-0.05, 0) is 31.0 Å². The SMILES string of the molecule is CCOC(=O)CSCC(=O)NCc1ccc(F)c(C)c1. The van der Waals surface area contributed by atoms with Crippen LogP contribution in [0.5, 0.6) is 0 Å². The van der Waals surface area contributed by atoms with Gasteiger partial charge in [-0.3, -0.25) is 9.59 Å². The van der Waals surface area contributed by atoms with Crippen molar-refractivity contribution in [2.24, 2.45) is 0 Å². The van der Waals surface area contributed by atoms with E-state index in [2.05, 4.69) is 5.32 Å². The zero-order valence-electron chi connectivity index (χ0n) is 11.6. The van der Waals surface area contributed by atoms with E-state index in [1.54, 1.807) is 26.0 Å². The lowest BCUT2D eigenvalue weighted by molar-refractivity contribution is -0.139. The maximum Gasteiger partial charge on any atom is 0.315 e. The van der Waals surface area contributed by atoms with Crippen LogP contribution in [0, 0.1) is 12.7 Å². The molecule has 1 amide bonds. The number of benzene rings is 1. The van der Waals surface area contributed by atoms with E-state index < -0.39 is 0 Å². The van der Waals surface area contributed by atoms with Crippen molar-refractivity contribution in [2.75, 3.05) is 18.1 Å². The van der Waals surface area contributed by atoms with Crippen molar-refractivity contribution in [3.8, 4) is 0 Å². The lowest BCUT2D eigenvalue weighted by Gasteiger charge is -2.06. The number of ether oxygens (including phenoxy) is 1. The first-order valence-corrected chi connectivity index (χ1v) is 7.43. The average Bonchev–Trinajstić information content (AvgIpc) is 2.40. The molecule has 0 unspecified atom stereocenters. The molecule has 0 fully saturated rings. The van der Waals surface area contributed by atoms with Crippen LogP contribution in [-0.4, -0.2) is 30.0 Å². The second-order valence-corrected chi connectivity index (χ2v) is 5.14. The molecule has 0 aliphatic rings. The Balaban J connectivity index is 2.26. The smallest absolute Gasteiger partial charge is 0.315 e. The van der Waals surface area contributed by atoms with Crippen molar-refractivity contribution in [2.45, 2.75) is 20.4 Å². The highest BCUT2D eigenvalue weighted by molar-refractivity contribution is 8.00. The van der Waals surface area contributed by atoms with Gasteiger partial charge in [-0.25, -0.2) is 4.39 Å². The van der Waals surface area contributed by atoms with Crippen LogP contribution in [0.15, 0.2) is 18.2 Å². The minimum Gasteiger partial charge on any atom is -0.465 e. The van der Waals surface area contributed by atoms with Gasteiger partial charge in [-0.2, -0.15) is 0 Å². The first-order valence-electron chi connectivity index (χ1n) is 6.28. The lowest BCUT2D eigenvalue weighted by atomic mass is 10.1. The Morgan fingerprint density at radius 1 is 1.35 bits per heavy atom. The Bertz CT molecular complexity index is 479. The van der Waals surface area contributed by atoms with Gasteiger partial charge in [-0.1, -0.05) is 12.1 Å². The van der Waals surface area contributed by atoms with E-state index in [9.17, 15) is 14.0 Å². The number of thioether (sulfide) groups is 1. The summed E-state index contributed by atoms with van der Waals surface area (Å²) >= 11 is 1.20. The summed E-state index contributed by atoms with van der Waals surface area (Å²) in [6, 6.07) is 4.71. The number of esters is 1. The van der Waals surface area contributed by atoms with Gasteiger partial charge < -0.3 is 10.1 Å². The van der Waals surface area contributed by atoms with Gasteiger partial charge in [0.15, 0.2) is 0 Å². The molecule has 1 N–H and O–H groups in total. The number of hydrogen-bond donors (Lipinski definition) is 1. The molecule has 1 aromatic rings. The van der Waals surface area contributed by atoms with Crippen LogP contribution in [0.2, 0.25) is 0 Å². The number of aryl methyl sites for hydroxylation is 1. The minimum atomic E-state index is -0.320. The molecule has 0 saturated carbocycles. The average molecular weight is 299 g/mol. The molecule has 0 aliphatic carbocycles. The second kappa shape index (κ2) is 8.58. The first-order chi connectivity index (χ1) is 9.52. The summed E-state index contributed by atoms with van der Waals surface area (Å²) in [5, 5.41) is 2.72. The van der Waals surface area contributed by atoms with Crippen LogP contribution in [0.3, 0.4) is 0 Å². The van der Waals surface area contributed by atoms with Crippen molar-refractivity contribution in [1.82, 2.24) is 5.32 Å². The molecule has 0 aromatic heterocycles. The summed E-state index contributed by atoms with van der Waals surface area (Å²) in [4.78, 5) is 22.6. The van der Waals surface area contributed by atoms with Crippen molar-refractivity contribution < 1.29 is 18.7 Å². The van der Waals surface area contributed by atoms with E-state index in [-0.39, 0.29) is 29.2 Å². The first kappa shape index (κ1) is 16.5. The zero-order valence-corrected chi connectivity index (χ0v) is 12.4. The van der Waals surface area contributed by atoms with Crippen LogP contribution >= 0.6 is 11.8 Å². The summed E-state index contributed by atoms with van der Waals surface area (Å²) in [5.74, 6) is -0.388. The fourth-order valence-electron chi connectivity index (χ4n) is 1.50. The topological polar surface area (TPSA) is 55.4 Å². The molecule has 6 heteroatoms. The summed E-state index contributed by atoms with van der Waals surface area (Å²) in [6.07, 6.45) is 0. The molecule has 0 saturated heterocycles. The molecular formula is C14H18FNO3S. The van der Waals surface area contributed by atoms with Crippen LogP contribution < -0.4 is 5.32 Å². The van der Waals surface area contributed by atoms with Crippen molar-refractivity contribution in [3.63, 3.8) is 0 Å². The zero-order chi connectivity index (χ0) is 15.0. The van der Waals surface area contributed by atoms with Crippen LogP contribution in [0.1, 0.15) is 18.1 Å². The Kier molecular flexibility index (Phi) is 7.08. The molecule has 0 atom stereocenters. The number of hydrogen-bond acceptors (Lipinski definition) is 4. The fourth-order valence-corrected chi connectivity index (χ4v) is 2.14. The van der Waals surface area contributed by atoms with Crippen molar-refractivity contribution >= 4 is 23.6 Å². The molecular weight excluding hydrogens is 281 g/mol. The fraction of sp³-hybridized carbons (Fsp3) is 0.429. The van der Waals surface area contributed by atoms with Crippen LogP contribution in [0.25, 0.3) is 0 Å². The van der Waals surface area contributed by atoms with E-state index in [1.165, 1.54) is 17.8 Å². The van der Waals surface area contributed by atoms with E-state index in [0.29, 0.717) is 18.7 Å². The van der Waals surface area contributed by atoms with Gasteiger partial charge >= 0.3 is 5.97 Å². The third-order valence-electron chi connectivity index (χ3n) is 2.47. The normalized spacial score (nSPS) is 10.2. The van der Waals surface area contributed by atoms with Gasteiger partial charge in [-0.15, -0.1) is 11.8 Å². The molecule has 4 nitrogen and oxygen atoms in total. The molecule has 1 rings (SSSR count). The van der Waals surface area contributed by atoms with Crippen LogP contribution in [-0.2, 0) is 20.9 Å². The number of nitrogens with one attached hydrogen (secondary N) is 1. The van der Waals surface area contributed by atoms with Gasteiger partial charge in [0.1, 0.15) is 5.82 Å². The van der Waals surface area contributed by atoms with E-state index in [0.717, 1.165) is 5.56 Å². The highest BCUT2D eigenvalue weighted by atomic mass is 32.2. The number of amides is 1.